The van der Waals surface area contributed by atoms with Gasteiger partial charge in [0.1, 0.15) is 0 Å². The molecule has 0 aliphatic heterocycles. The molecular formula is C35H51BrN2O3S. The number of unbranched alkanes of at least 4 members (excludes halogenated alkanes) is 11. The van der Waals surface area contributed by atoms with E-state index in [1.165, 1.54) is 75.5 Å². The number of ether oxygens (including phenoxy) is 2. The third kappa shape index (κ3) is 12.9. The topological polar surface area (TPSA) is 42.7 Å². The highest BCUT2D eigenvalue weighted by molar-refractivity contribution is 7.09. The second-order valence-electron chi connectivity index (χ2n) is 11.1. The van der Waals surface area contributed by atoms with Gasteiger partial charge in [0, 0.05) is 18.2 Å². The number of thiazole rings is 1. The van der Waals surface area contributed by atoms with E-state index in [2.05, 4.69) is 42.3 Å². The fourth-order valence-electron chi connectivity index (χ4n) is 5.18. The monoisotopic (exact) mass is 658 g/mol. The van der Waals surface area contributed by atoms with Crippen LogP contribution < -0.4 is 35.9 Å². The first kappa shape index (κ1) is 35.8. The first-order chi connectivity index (χ1) is 20.0. The number of benzene rings is 2. The normalized spacial score (nSPS) is 10.8. The van der Waals surface area contributed by atoms with Crippen molar-refractivity contribution in [3.63, 3.8) is 0 Å². The smallest absolute Gasteiger partial charge is 0.225 e. The van der Waals surface area contributed by atoms with Crippen LogP contribution in [0, 0.1) is 6.92 Å². The van der Waals surface area contributed by atoms with Gasteiger partial charge in [0.05, 0.1) is 25.1 Å². The average molecular weight is 660 g/mol. The lowest BCUT2D eigenvalue weighted by Crippen LogP contribution is -3.00. The van der Waals surface area contributed by atoms with Gasteiger partial charge in [0.2, 0.25) is 11.4 Å². The Labute approximate surface area is 269 Å². The summed E-state index contributed by atoms with van der Waals surface area (Å²) in [5, 5.41) is 0. The summed E-state index contributed by atoms with van der Waals surface area (Å²) in [6, 6.07) is 14.2. The van der Waals surface area contributed by atoms with Gasteiger partial charge in [0.25, 0.3) is 0 Å². The Bertz CT molecular complexity index is 1180. The van der Waals surface area contributed by atoms with Crippen LogP contribution in [0.5, 0.6) is 11.5 Å². The quantitative estimate of drug-likeness (QED) is 0.110. The molecule has 5 nitrogen and oxygen atoms in total. The number of aromatic nitrogens is 1. The van der Waals surface area contributed by atoms with Crippen molar-refractivity contribution < 1.29 is 35.8 Å². The zero-order chi connectivity index (χ0) is 29.3. The third-order valence-corrected chi connectivity index (χ3v) is 8.37. The Morgan fingerprint density at radius 1 is 0.857 bits per heavy atom. The Morgan fingerprint density at radius 3 is 2.12 bits per heavy atom. The van der Waals surface area contributed by atoms with Crippen LogP contribution in [0.4, 0.5) is 5.69 Å². The van der Waals surface area contributed by atoms with E-state index < -0.39 is 0 Å². The molecule has 0 radical (unpaired) electrons. The van der Waals surface area contributed by atoms with Crippen LogP contribution in [-0.4, -0.2) is 19.6 Å². The van der Waals surface area contributed by atoms with Gasteiger partial charge in [0.15, 0.2) is 24.2 Å². The Balaban J connectivity index is 0.00000616. The SMILES string of the molecule is CCCCCCCCCCCCCCOc1ccc(CN(C(C)=O)c2cccc(C[n+]3csc(C)c3)c2)cc1OC.[Br-]. The number of aryl methyl sites for hydroxylation is 1. The van der Waals surface area contributed by atoms with Crippen molar-refractivity contribution in [2.75, 3.05) is 18.6 Å². The first-order valence-electron chi connectivity index (χ1n) is 15.6. The molecule has 0 bridgehead atoms. The van der Waals surface area contributed by atoms with E-state index >= 15 is 0 Å². The van der Waals surface area contributed by atoms with E-state index in [4.69, 9.17) is 9.47 Å². The number of carbonyl (C=O) groups excluding carboxylic acids is 1. The summed E-state index contributed by atoms with van der Waals surface area (Å²) >= 11 is 1.73. The molecule has 1 aromatic heterocycles. The largest absolute Gasteiger partial charge is 1.00 e. The molecule has 7 heteroatoms. The molecule has 0 aliphatic rings. The van der Waals surface area contributed by atoms with Crippen molar-refractivity contribution >= 4 is 22.9 Å². The fraction of sp³-hybridized carbons (Fsp3) is 0.543. The van der Waals surface area contributed by atoms with Gasteiger partial charge in [-0.2, -0.15) is 4.57 Å². The molecule has 0 atom stereocenters. The number of amides is 1. The Morgan fingerprint density at radius 2 is 1.52 bits per heavy atom. The van der Waals surface area contributed by atoms with Crippen LogP contribution in [0.3, 0.4) is 0 Å². The number of methoxy groups -OCH3 is 1. The maximum atomic E-state index is 12.7. The van der Waals surface area contributed by atoms with E-state index in [9.17, 15) is 4.79 Å². The Hall–Kier alpha value is -2.38. The van der Waals surface area contributed by atoms with Crippen LogP contribution in [0.15, 0.2) is 54.2 Å². The molecule has 0 N–H and O–H groups in total. The molecule has 0 saturated carbocycles. The van der Waals surface area contributed by atoms with Crippen molar-refractivity contribution in [3.8, 4) is 11.5 Å². The van der Waals surface area contributed by atoms with Crippen molar-refractivity contribution in [1.29, 1.82) is 0 Å². The summed E-state index contributed by atoms with van der Waals surface area (Å²) in [6.07, 6.45) is 18.1. The summed E-state index contributed by atoms with van der Waals surface area (Å²) in [6.45, 7) is 7.95. The summed E-state index contributed by atoms with van der Waals surface area (Å²) in [5.41, 5.74) is 5.19. The van der Waals surface area contributed by atoms with Gasteiger partial charge in [-0.05, 0) is 43.2 Å². The Kier molecular flexibility index (Phi) is 17.5. The summed E-state index contributed by atoms with van der Waals surface area (Å²) in [5.74, 6) is 1.48. The van der Waals surface area contributed by atoms with E-state index in [-0.39, 0.29) is 22.9 Å². The summed E-state index contributed by atoms with van der Waals surface area (Å²) in [4.78, 5) is 15.8. The average Bonchev–Trinajstić information content (AvgIpc) is 3.38. The van der Waals surface area contributed by atoms with Crippen LogP contribution in [-0.2, 0) is 17.9 Å². The lowest BCUT2D eigenvalue weighted by molar-refractivity contribution is -0.683. The molecule has 0 saturated heterocycles. The lowest BCUT2D eigenvalue weighted by Gasteiger charge is -2.22. The minimum absolute atomic E-state index is 0. The standard InChI is InChI=1S/C35H51N2O3S.BrH/c1-5-6-7-8-9-10-11-12-13-14-15-16-22-40-34-21-20-32(24-35(34)39-4)27-37(30(3)38)33-19-17-18-31(23-33)26-36-25-29(2)41-28-36;/h17-21,23-25,28H,5-16,22,26-27H2,1-4H3;1H/q+1;/p-1. The van der Waals surface area contributed by atoms with Crippen molar-refractivity contribution in [2.45, 2.75) is 111 Å². The molecule has 1 heterocycles. The van der Waals surface area contributed by atoms with Gasteiger partial charge in [-0.25, -0.2) is 0 Å². The van der Waals surface area contributed by atoms with Gasteiger partial charge >= 0.3 is 0 Å². The summed E-state index contributed by atoms with van der Waals surface area (Å²) in [7, 11) is 1.67. The van der Waals surface area contributed by atoms with Crippen molar-refractivity contribution in [3.05, 3.63) is 70.2 Å². The zero-order valence-corrected chi connectivity index (χ0v) is 28.6. The van der Waals surface area contributed by atoms with E-state index in [1.807, 2.05) is 35.2 Å². The molecular weight excluding hydrogens is 608 g/mol. The van der Waals surface area contributed by atoms with E-state index in [0.717, 1.165) is 35.5 Å². The molecule has 0 aliphatic carbocycles. The molecule has 0 unspecified atom stereocenters. The molecule has 3 rings (SSSR count). The van der Waals surface area contributed by atoms with Crippen molar-refractivity contribution in [1.82, 2.24) is 0 Å². The second kappa shape index (κ2) is 20.5. The van der Waals surface area contributed by atoms with Gasteiger partial charge in [-0.3, -0.25) is 4.79 Å². The maximum absolute atomic E-state index is 12.7. The zero-order valence-electron chi connectivity index (χ0n) is 26.2. The lowest BCUT2D eigenvalue weighted by atomic mass is 10.1. The summed E-state index contributed by atoms with van der Waals surface area (Å²) < 4.78 is 13.9. The third-order valence-electron chi connectivity index (χ3n) is 7.51. The fourth-order valence-corrected chi connectivity index (χ4v) is 5.82. The van der Waals surface area contributed by atoms with Gasteiger partial charge in [-0.1, -0.05) is 107 Å². The predicted molar refractivity (Wildman–Crippen MR) is 171 cm³/mol. The molecule has 3 aromatic rings. The highest BCUT2D eigenvalue weighted by Crippen LogP contribution is 2.30. The van der Waals surface area contributed by atoms with Crippen LogP contribution in [0.25, 0.3) is 0 Å². The predicted octanol–water partition coefficient (Wildman–Crippen LogP) is 6.04. The van der Waals surface area contributed by atoms with Gasteiger partial charge < -0.3 is 31.4 Å². The van der Waals surface area contributed by atoms with E-state index in [0.29, 0.717) is 18.9 Å². The number of hydrogen-bond acceptors (Lipinski definition) is 4. The number of hydrogen-bond donors (Lipinski definition) is 0. The molecule has 2 aromatic carbocycles. The number of nitrogens with zero attached hydrogens (tertiary/aromatic N) is 2. The highest BCUT2D eigenvalue weighted by atomic mass is 79.9. The van der Waals surface area contributed by atoms with Crippen LogP contribution in [0.1, 0.15) is 107 Å². The minimum Gasteiger partial charge on any atom is -1.00 e. The van der Waals surface area contributed by atoms with E-state index in [1.54, 1.807) is 25.4 Å². The number of anilines is 1. The van der Waals surface area contributed by atoms with Crippen molar-refractivity contribution in [2.24, 2.45) is 0 Å². The van der Waals surface area contributed by atoms with Crippen LogP contribution in [0.2, 0.25) is 0 Å². The second-order valence-corrected chi connectivity index (χ2v) is 12.2. The number of halogens is 1. The van der Waals surface area contributed by atoms with Crippen LogP contribution >= 0.6 is 11.3 Å². The first-order valence-corrected chi connectivity index (χ1v) is 16.5. The maximum Gasteiger partial charge on any atom is 0.225 e. The molecule has 232 valence electrons. The molecule has 0 fully saturated rings. The molecule has 1 amide bonds. The number of rotatable bonds is 20. The minimum atomic E-state index is 0. The van der Waals surface area contributed by atoms with Gasteiger partial charge in [-0.15, -0.1) is 0 Å². The molecule has 42 heavy (non-hydrogen) atoms. The molecule has 0 spiro atoms. The number of carbonyl (C=O) groups is 1. The highest BCUT2D eigenvalue weighted by Gasteiger charge is 2.16.